The first kappa shape index (κ1) is 11.2. The van der Waals surface area contributed by atoms with Crippen LogP contribution in [-0.4, -0.2) is 37.0 Å². The zero-order chi connectivity index (χ0) is 10.6. The Balaban J connectivity index is 2.41. The second-order valence-electron chi connectivity index (χ2n) is 3.95. The van der Waals surface area contributed by atoms with Gasteiger partial charge in [-0.1, -0.05) is 6.58 Å². The van der Waals surface area contributed by atoms with Crippen LogP contribution in [0.3, 0.4) is 0 Å². The molecule has 0 aliphatic heterocycles. The van der Waals surface area contributed by atoms with Crippen molar-refractivity contribution in [2.24, 2.45) is 0 Å². The molecule has 0 heterocycles. The van der Waals surface area contributed by atoms with Crippen LogP contribution in [0.25, 0.3) is 0 Å². The minimum absolute atomic E-state index is 0.0397. The lowest BCUT2D eigenvalue weighted by Crippen LogP contribution is -2.41. The van der Waals surface area contributed by atoms with Gasteiger partial charge in [-0.15, -0.1) is 0 Å². The fourth-order valence-electron chi connectivity index (χ4n) is 2.08. The van der Waals surface area contributed by atoms with Crippen LogP contribution in [0.15, 0.2) is 12.7 Å². The van der Waals surface area contributed by atoms with Crippen molar-refractivity contribution < 1.29 is 4.79 Å². The summed E-state index contributed by atoms with van der Waals surface area (Å²) in [5, 5.41) is 3.28. The SMILES string of the molecule is C=CC(=O)N(C)C1CCC(NC)CC1. The molecule has 0 spiro atoms. The van der Waals surface area contributed by atoms with Crippen molar-refractivity contribution in [2.45, 2.75) is 37.8 Å². The van der Waals surface area contributed by atoms with E-state index in [2.05, 4.69) is 11.9 Å². The van der Waals surface area contributed by atoms with Crippen LogP contribution in [0.1, 0.15) is 25.7 Å². The number of nitrogens with zero attached hydrogens (tertiary/aromatic N) is 1. The van der Waals surface area contributed by atoms with Crippen LogP contribution in [0.4, 0.5) is 0 Å². The van der Waals surface area contributed by atoms with Crippen molar-refractivity contribution >= 4 is 5.91 Å². The van der Waals surface area contributed by atoms with E-state index in [1.807, 2.05) is 19.0 Å². The first-order valence-corrected chi connectivity index (χ1v) is 5.25. The molecule has 14 heavy (non-hydrogen) atoms. The highest BCUT2D eigenvalue weighted by Gasteiger charge is 2.24. The van der Waals surface area contributed by atoms with E-state index in [-0.39, 0.29) is 5.91 Å². The van der Waals surface area contributed by atoms with Crippen molar-refractivity contribution in [2.75, 3.05) is 14.1 Å². The Bertz CT molecular complexity index is 207. The summed E-state index contributed by atoms with van der Waals surface area (Å²) >= 11 is 0. The molecule has 3 nitrogen and oxygen atoms in total. The quantitative estimate of drug-likeness (QED) is 0.687. The first-order valence-electron chi connectivity index (χ1n) is 5.25. The van der Waals surface area contributed by atoms with Crippen molar-refractivity contribution in [1.82, 2.24) is 10.2 Å². The van der Waals surface area contributed by atoms with Crippen molar-refractivity contribution in [1.29, 1.82) is 0 Å². The Labute approximate surface area is 86.2 Å². The molecule has 0 unspecified atom stereocenters. The molecule has 0 bridgehead atoms. The van der Waals surface area contributed by atoms with Gasteiger partial charge in [0.25, 0.3) is 0 Å². The monoisotopic (exact) mass is 196 g/mol. The number of hydrogen-bond donors (Lipinski definition) is 1. The normalized spacial score (nSPS) is 27.0. The van der Waals surface area contributed by atoms with Gasteiger partial charge in [-0.05, 0) is 38.8 Å². The topological polar surface area (TPSA) is 32.3 Å². The van der Waals surface area contributed by atoms with E-state index in [0.717, 1.165) is 25.7 Å². The van der Waals surface area contributed by atoms with Crippen LogP contribution >= 0.6 is 0 Å². The summed E-state index contributed by atoms with van der Waals surface area (Å²) in [6.45, 7) is 3.50. The van der Waals surface area contributed by atoms with Gasteiger partial charge in [0.05, 0.1) is 0 Å². The highest BCUT2D eigenvalue weighted by molar-refractivity contribution is 5.87. The van der Waals surface area contributed by atoms with E-state index in [4.69, 9.17) is 0 Å². The van der Waals surface area contributed by atoms with E-state index in [1.165, 1.54) is 6.08 Å². The standard InChI is InChI=1S/C11H20N2O/c1-4-11(14)13(3)10-7-5-9(12-2)6-8-10/h4,9-10,12H,1,5-8H2,2-3H3. The van der Waals surface area contributed by atoms with Crippen LogP contribution in [0.5, 0.6) is 0 Å². The van der Waals surface area contributed by atoms with Gasteiger partial charge in [-0.2, -0.15) is 0 Å². The Hall–Kier alpha value is -0.830. The summed E-state index contributed by atoms with van der Waals surface area (Å²) in [5.74, 6) is 0.0397. The third kappa shape index (κ3) is 2.58. The minimum atomic E-state index is 0.0397. The number of nitrogens with one attached hydrogen (secondary N) is 1. The summed E-state index contributed by atoms with van der Waals surface area (Å²) in [6, 6.07) is 1.04. The van der Waals surface area contributed by atoms with Crippen LogP contribution in [0.2, 0.25) is 0 Å². The van der Waals surface area contributed by atoms with Gasteiger partial charge in [0.1, 0.15) is 0 Å². The molecule has 1 aliphatic rings. The predicted molar refractivity (Wildman–Crippen MR) is 58.1 cm³/mol. The first-order chi connectivity index (χ1) is 6.69. The lowest BCUT2D eigenvalue weighted by molar-refractivity contribution is -0.127. The Morgan fingerprint density at radius 3 is 2.43 bits per heavy atom. The molecule has 0 aromatic carbocycles. The average Bonchev–Trinajstić information content (AvgIpc) is 2.27. The van der Waals surface area contributed by atoms with Gasteiger partial charge in [-0.25, -0.2) is 0 Å². The number of hydrogen-bond acceptors (Lipinski definition) is 2. The smallest absolute Gasteiger partial charge is 0.245 e. The van der Waals surface area contributed by atoms with Crippen molar-refractivity contribution in [3.05, 3.63) is 12.7 Å². The third-order valence-corrected chi connectivity index (χ3v) is 3.17. The average molecular weight is 196 g/mol. The Morgan fingerprint density at radius 2 is 2.00 bits per heavy atom. The number of rotatable bonds is 3. The number of carbonyl (C=O) groups is 1. The maximum absolute atomic E-state index is 11.4. The van der Waals surface area contributed by atoms with Gasteiger partial charge >= 0.3 is 0 Å². The van der Waals surface area contributed by atoms with Gasteiger partial charge in [0.15, 0.2) is 0 Å². The third-order valence-electron chi connectivity index (χ3n) is 3.17. The number of amides is 1. The van der Waals surface area contributed by atoms with E-state index in [0.29, 0.717) is 12.1 Å². The summed E-state index contributed by atoms with van der Waals surface area (Å²) in [4.78, 5) is 13.2. The maximum atomic E-state index is 11.4. The molecule has 80 valence electrons. The molecule has 3 heteroatoms. The van der Waals surface area contributed by atoms with Gasteiger partial charge in [0.2, 0.25) is 5.91 Å². The fraction of sp³-hybridized carbons (Fsp3) is 0.727. The molecule has 0 aromatic rings. The number of likely N-dealkylation sites (N-methyl/N-ethyl adjacent to an activating group) is 1. The summed E-state index contributed by atoms with van der Waals surface area (Å²) in [5.41, 5.74) is 0. The molecule has 1 amide bonds. The van der Waals surface area contributed by atoms with Crippen LogP contribution in [-0.2, 0) is 4.79 Å². The molecule has 1 rings (SSSR count). The van der Waals surface area contributed by atoms with E-state index in [1.54, 1.807) is 0 Å². The molecule has 0 saturated heterocycles. The minimum Gasteiger partial charge on any atom is -0.339 e. The zero-order valence-corrected chi connectivity index (χ0v) is 9.12. The lowest BCUT2D eigenvalue weighted by Gasteiger charge is -2.34. The summed E-state index contributed by atoms with van der Waals surface area (Å²) in [6.07, 6.45) is 5.92. The summed E-state index contributed by atoms with van der Waals surface area (Å²) < 4.78 is 0. The van der Waals surface area contributed by atoms with E-state index >= 15 is 0 Å². The molecule has 1 N–H and O–H groups in total. The Kier molecular flexibility index (Phi) is 4.14. The largest absolute Gasteiger partial charge is 0.339 e. The van der Waals surface area contributed by atoms with Crippen molar-refractivity contribution in [3.63, 3.8) is 0 Å². The predicted octanol–water partition coefficient (Wildman–Crippen LogP) is 1.16. The Morgan fingerprint density at radius 1 is 1.43 bits per heavy atom. The molecule has 1 aliphatic carbocycles. The van der Waals surface area contributed by atoms with E-state index < -0.39 is 0 Å². The van der Waals surface area contributed by atoms with Gasteiger partial charge in [0, 0.05) is 19.1 Å². The molecular formula is C11H20N2O. The summed E-state index contributed by atoms with van der Waals surface area (Å²) in [7, 11) is 3.87. The van der Waals surface area contributed by atoms with Gasteiger partial charge < -0.3 is 10.2 Å². The second kappa shape index (κ2) is 5.15. The zero-order valence-electron chi connectivity index (χ0n) is 9.12. The fourth-order valence-corrected chi connectivity index (χ4v) is 2.08. The molecule has 1 fully saturated rings. The highest BCUT2D eigenvalue weighted by Crippen LogP contribution is 2.22. The molecule has 0 atom stereocenters. The van der Waals surface area contributed by atoms with E-state index in [9.17, 15) is 4.79 Å². The molecular weight excluding hydrogens is 176 g/mol. The van der Waals surface area contributed by atoms with Crippen molar-refractivity contribution in [3.8, 4) is 0 Å². The molecule has 1 saturated carbocycles. The molecule has 0 radical (unpaired) electrons. The maximum Gasteiger partial charge on any atom is 0.245 e. The lowest BCUT2D eigenvalue weighted by atomic mass is 9.90. The van der Waals surface area contributed by atoms with Gasteiger partial charge in [-0.3, -0.25) is 4.79 Å². The second-order valence-corrected chi connectivity index (χ2v) is 3.95. The highest BCUT2D eigenvalue weighted by atomic mass is 16.2. The number of carbonyl (C=O) groups excluding carboxylic acids is 1. The van der Waals surface area contributed by atoms with Crippen LogP contribution in [0, 0.1) is 0 Å². The van der Waals surface area contributed by atoms with Crippen LogP contribution < -0.4 is 5.32 Å². The molecule has 0 aromatic heterocycles.